The van der Waals surface area contributed by atoms with Crippen LogP contribution in [0.1, 0.15) is 12.5 Å². The van der Waals surface area contributed by atoms with Crippen LogP contribution >= 0.6 is 23.2 Å². The molecule has 0 saturated carbocycles. The molecule has 1 unspecified atom stereocenters. The molecular formula is C18H16Cl2N2O3. The van der Waals surface area contributed by atoms with E-state index in [0.717, 1.165) is 5.56 Å². The standard InChI is InChI=1S/C18H16Cl2N2O3/c1-10-7-12(19)3-5-14(10)21-17(23)9-22-15-8-13(20)4-6-16(15)25-11(2)18(22)24/h3-8,11H,9H2,1-2H3,(H,21,23). The summed E-state index contributed by atoms with van der Waals surface area (Å²) in [6, 6.07) is 10.2. The fourth-order valence-electron chi connectivity index (χ4n) is 2.64. The summed E-state index contributed by atoms with van der Waals surface area (Å²) in [4.78, 5) is 26.3. The lowest BCUT2D eigenvalue weighted by Crippen LogP contribution is -2.47. The Morgan fingerprint density at radius 2 is 1.88 bits per heavy atom. The molecule has 0 radical (unpaired) electrons. The number of rotatable bonds is 3. The highest BCUT2D eigenvalue weighted by Gasteiger charge is 2.33. The Bertz CT molecular complexity index is 854. The Labute approximate surface area is 155 Å². The normalized spacial score (nSPS) is 16.2. The molecule has 2 aromatic rings. The molecule has 0 bridgehead atoms. The number of carbonyl (C=O) groups is 2. The number of hydrogen-bond acceptors (Lipinski definition) is 3. The molecule has 0 spiro atoms. The third-order valence-electron chi connectivity index (χ3n) is 3.89. The zero-order valence-electron chi connectivity index (χ0n) is 13.7. The third-order valence-corrected chi connectivity index (χ3v) is 4.36. The van der Waals surface area contributed by atoms with Gasteiger partial charge in [0.05, 0.1) is 5.69 Å². The molecule has 1 aliphatic rings. The zero-order valence-corrected chi connectivity index (χ0v) is 15.2. The van der Waals surface area contributed by atoms with Gasteiger partial charge in [0.15, 0.2) is 6.10 Å². The number of benzene rings is 2. The van der Waals surface area contributed by atoms with Crippen LogP contribution in [0.3, 0.4) is 0 Å². The van der Waals surface area contributed by atoms with Crippen molar-refractivity contribution in [1.82, 2.24) is 0 Å². The molecule has 0 saturated heterocycles. The van der Waals surface area contributed by atoms with E-state index in [0.29, 0.717) is 27.2 Å². The lowest BCUT2D eigenvalue weighted by Gasteiger charge is -2.32. The minimum absolute atomic E-state index is 0.137. The topological polar surface area (TPSA) is 58.6 Å². The maximum atomic E-state index is 12.5. The highest BCUT2D eigenvalue weighted by Crippen LogP contribution is 2.36. The summed E-state index contributed by atoms with van der Waals surface area (Å²) in [5.41, 5.74) is 1.97. The Balaban J connectivity index is 1.82. The molecule has 1 N–H and O–H groups in total. The number of nitrogens with one attached hydrogen (secondary N) is 1. The minimum Gasteiger partial charge on any atom is -0.479 e. The Hall–Kier alpha value is -2.24. The fraction of sp³-hybridized carbons (Fsp3) is 0.222. The van der Waals surface area contributed by atoms with Gasteiger partial charge < -0.3 is 10.1 Å². The second-order valence-electron chi connectivity index (χ2n) is 5.80. The van der Waals surface area contributed by atoms with Crippen molar-refractivity contribution < 1.29 is 14.3 Å². The van der Waals surface area contributed by atoms with Crippen LogP contribution < -0.4 is 15.0 Å². The van der Waals surface area contributed by atoms with Crippen molar-refractivity contribution in [3.05, 3.63) is 52.0 Å². The first kappa shape index (κ1) is 17.6. The number of carbonyl (C=O) groups excluding carboxylic acids is 2. The van der Waals surface area contributed by atoms with Crippen LogP contribution in [0.5, 0.6) is 5.75 Å². The number of amides is 2. The van der Waals surface area contributed by atoms with E-state index in [1.165, 1.54) is 4.90 Å². The van der Waals surface area contributed by atoms with E-state index < -0.39 is 6.10 Å². The molecule has 130 valence electrons. The van der Waals surface area contributed by atoms with Gasteiger partial charge in [-0.2, -0.15) is 0 Å². The second-order valence-corrected chi connectivity index (χ2v) is 6.68. The van der Waals surface area contributed by atoms with E-state index in [2.05, 4.69) is 5.32 Å². The van der Waals surface area contributed by atoms with Crippen molar-refractivity contribution in [2.24, 2.45) is 0 Å². The molecule has 5 nitrogen and oxygen atoms in total. The van der Waals surface area contributed by atoms with E-state index >= 15 is 0 Å². The highest BCUT2D eigenvalue weighted by molar-refractivity contribution is 6.31. The van der Waals surface area contributed by atoms with Crippen molar-refractivity contribution >= 4 is 46.4 Å². The van der Waals surface area contributed by atoms with Crippen molar-refractivity contribution in [3.63, 3.8) is 0 Å². The van der Waals surface area contributed by atoms with Gasteiger partial charge in [-0.05, 0) is 55.8 Å². The lowest BCUT2D eigenvalue weighted by molar-refractivity contribution is -0.127. The average molecular weight is 379 g/mol. The van der Waals surface area contributed by atoms with Crippen molar-refractivity contribution in [1.29, 1.82) is 0 Å². The van der Waals surface area contributed by atoms with Crippen LogP contribution in [-0.2, 0) is 9.59 Å². The zero-order chi connectivity index (χ0) is 18.1. The Morgan fingerprint density at radius 1 is 1.20 bits per heavy atom. The molecule has 1 aliphatic heterocycles. The monoisotopic (exact) mass is 378 g/mol. The van der Waals surface area contributed by atoms with Crippen molar-refractivity contribution in [2.75, 3.05) is 16.8 Å². The smallest absolute Gasteiger partial charge is 0.268 e. The van der Waals surface area contributed by atoms with Gasteiger partial charge in [0, 0.05) is 15.7 Å². The van der Waals surface area contributed by atoms with E-state index in [9.17, 15) is 9.59 Å². The Morgan fingerprint density at radius 3 is 2.60 bits per heavy atom. The van der Waals surface area contributed by atoms with Gasteiger partial charge in [0.1, 0.15) is 12.3 Å². The maximum absolute atomic E-state index is 12.5. The number of ether oxygens (including phenoxy) is 1. The van der Waals surface area contributed by atoms with Crippen LogP contribution in [0.4, 0.5) is 11.4 Å². The molecule has 2 aromatic carbocycles. The first-order valence-electron chi connectivity index (χ1n) is 7.69. The summed E-state index contributed by atoms with van der Waals surface area (Å²) in [5.74, 6) is -0.0940. The summed E-state index contributed by atoms with van der Waals surface area (Å²) < 4.78 is 5.57. The summed E-state index contributed by atoms with van der Waals surface area (Å²) in [6.07, 6.45) is -0.668. The number of anilines is 2. The highest BCUT2D eigenvalue weighted by atomic mass is 35.5. The first-order chi connectivity index (χ1) is 11.8. The summed E-state index contributed by atoms with van der Waals surface area (Å²) >= 11 is 11.9. The van der Waals surface area contributed by atoms with Gasteiger partial charge in [-0.25, -0.2) is 0 Å². The van der Waals surface area contributed by atoms with Crippen LogP contribution in [0.25, 0.3) is 0 Å². The largest absolute Gasteiger partial charge is 0.479 e. The predicted molar refractivity (Wildman–Crippen MR) is 98.7 cm³/mol. The fourth-order valence-corrected chi connectivity index (χ4v) is 3.04. The number of aryl methyl sites for hydroxylation is 1. The third kappa shape index (κ3) is 3.72. The summed E-state index contributed by atoms with van der Waals surface area (Å²) in [6.45, 7) is 3.36. The number of nitrogens with zero attached hydrogens (tertiary/aromatic N) is 1. The summed E-state index contributed by atoms with van der Waals surface area (Å²) in [5, 5.41) is 3.86. The first-order valence-corrected chi connectivity index (χ1v) is 8.44. The molecular weight excluding hydrogens is 363 g/mol. The van der Waals surface area contributed by atoms with E-state index in [-0.39, 0.29) is 18.4 Å². The van der Waals surface area contributed by atoms with Crippen LogP contribution in [0, 0.1) is 6.92 Å². The predicted octanol–water partition coefficient (Wildman–Crippen LogP) is 4.05. The van der Waals surface area contributed by atoms with Gasteiger partial charge in [-0.1, -0.05) is 23.2 Å². The average Bonchev–Trinajstić information content (AvgIpc) is 2.55. The van der Waals surface area contributed by atoms with E-state index in [1.807, 2.05) is 6.92 Å². The SMILES string of the molecule is Cc1cc(Cl)ccc1NC(=O)CN1C(=O)C(C)Oc2ccc(Cl)cc21. The molecule has 25 heavy (non-hydrogen) atoms. The van der Waals surface area contributed by atoms with Crippen molar-refractivity contribution in [2.45, 2.75) is 20.0 Å². The van der Waals surface area contributed by atoms with Crippen LogP contribution in [0.15, 0.2) is 36.4 Å². The number of hydrogen-bond donors (Lipinski definition) is 1. The van der Waals surface area contributed by atoms with Crippen LogP contribution in [0.2, 0.25) is 10.0 Å². The van der Waals surface area contributed by atoms with Crippen molar-refractivity contribution in [3.8, 4) is 5.75 Å². The molecule has 2 amide bonds. The Kier molecular flexibility index (Phi) is 4.88. The number of fused-ring (bicyclic) bond motifs is 1. The molecule has 0 aliphatic carbocycles. The van der Waals surface area contributed by atoms with Gasteiger partial charge in [0.25, 0.3) is 5.91 Å². The van der Waals surface area contributed by atoms with Gasteiger partial charge >= 0.3 is 0 Å². The van der Waals surface area contributed by atoms with E-state index in [1.54, 1.807) is 43.3 Å². The lowest BCUT2D eigenvalue weighted by atomic mass is 10.1. The molecule has 3 rings (SSSR count). The van der Waals surface area contributed by atoms with Gasteiger partial charge in [0.2, 0.25) is 5.91 Å². The second kappa shape index (κ2) is 6.94. The van der Waals surface area contributed by atoms with Crippen LogP contribution in [-0.4, -0.2) is 24.5 Å². The minimum atomic E-state index is -0.668. The van der Waals surface area contributed by atoms with E-state index in [4.69, 9.17) is 27.9 Å². The number of halogens is 2. The van der Waals surface area contributed by atoms with Gasteiger partial charge in [-0.15, -0.1) is 0 Å². The maximum Gasteiger partial charge on any atom is 0.268 e. The summed E-state index contributed by atoms with van der Waals surface area (Å²) in [7, 11) is 0. The molecule has 1 atom stereocenters. The van der Waals surface area contributed by atoms with Gasteiger partial charge in [-0.3, -0.25) is 14.5 Å². The quantitative estimate of drug-likeness (QED) is 0.875. The molecule has 7 heteroatoms. The molecule has 0 aromatic heterocycles. The molecule has 1 heterocycles. The molecule has 0 fully saturated rings.